The molecular weight excluding hydrogens is 360 g/mol. The van der Waals surface area contributed by atoms with E-state index in [1.54, 1.807) is 5.01 Å². The quantitative estimate of drug-likeness (QED) is 0.815. The summed E-state index contributed by atoms with van der Waals surface area (Å²) < 4.78 is 0. The number of anilines is 1. The van der Waals surface area contributed by atoms with Gasteiger partial charge >= 0.3 is 0 Å². The van der Waals surface area contributed by atoms with Gasteiger partial charge in [-0.2, -0.15) is 5.10 Å². The van der Waals surface area contributed by atoms with Crippen molar-refractivity contribution in [3.05, 3.63) is 65.2 Å². The number of hydrazone groups is 1. The van der Waals surface area contributed by atoms with Crippen LogP contribution in [0.2, 0.25) is 5.02 Å². The second-order valence-corrected chi connectivity index (χ2v) is 7.30. The molecule has 1 fully saturated rings. The van der Waals surface area contributed by atoms with Crippen molar-refractivity contribution in [3.63, 3.8) is 0 Å². The van der Waals surface area contributed by atoms with Gasteiger partial charge in [-0.1, -0.05) is 54.1 Å². The first-order valence-electron chi connectivity index (χ1n) is 9.36. The topological polar surface area (TPSA) is 39.2 Å². The lowest BCUT2D eigenvalue weighted by molar-refractivity contribution is -0.132. The highest BCUT2D eigenvalue weighted by molar-refractivity contribution is 6.33. The van der Waals surface area contributed by atoms with E-state index in [1.807, 2.05) is 54.6 Å². The number of hydrogen-bond acceptors (Lipinski definition) is 4. The van der Waals surface area contributed by atoms with Crippen molar-refractivity contribution in [2.24, 2.45) is 5.10 Å². The van der Waals surface area contributed by atoms with E-state index in [9.17, 15) is 4.79 Å². The number of amides is 1. The number of piperazine rings is 1. The molecular formula is C21H23ClN4O. The summed E-state index contributed by atoms with van der Waals surface area (Å²) in [5, 5.41) is 6.95. The molecule has 2 heterocycles. The Morgan fingerprint density at radius 3 is 2.37 bits per heavy atom. The Morgan fingerprint density at radius 1 is 0.926 bits per heavy atom. The zero-order valence-electron chi connectivity index (χ0n) is 15.2. The number of halogens is 1. The Morgan fingerprint density at radius 2 is 1.63 bits per heavy atom. The Balaban J connectivity index is 1.31. The lowest BCUT2D eigenvalue weighted by atomic mass is 10.1. The van der Waals surface area contributed by atoms with Crippen LogP contribution in [-0.2, 0) is 4.79 Å². The summed E-state index contributed by atoms with van der Waals surface area (Å²) in [7, 11) is 0. The van der Waals surface area contributed by atoms with Crippen molar-refractivity contribution in [2.45, 2.75) is 6.42 Å². The highest BCUT2D eigenvalue weighted by Gasteiger charge is 2.25. The molecule has 2 aliphatic rings. The van der Waals surface area contributed by atoms with Crippen LogP contribution in [0.15, 0.2) is 59.7 Å². The van der Waals surface area contributed by atoms with Crippen molar-refractivity contribution in [1.29, 1.82) is 0 Å². The third kappa shape index (κ3) is 4.15. The van der Waals surface area contributed by atoms with Gasteiger partial charge in [0.05, 0.1) is 29.5 Å². The average molecular weight is 383 g/mol. The lowest BCUT2D eigenvalue weighted by Crippen LogP contribution is -2.49. The number of para-hydroxylation sites is 1. The largest absolute Gasteiger partial charge is 0.368 e. The van der Waals surface area contributed by atoms with Crippen molar-refractivity contribution >= 4 is 28.9 Å². The molecule has 1 saturated heterocycles. The first-order valence-corrected chi connectivity index (χ1v) is 9.73. The number of hydrogen-bond donors (Lipinski definition) is 0. The van der Waals surface area contributed by atoms with Crippen molar-refractivity contribution in [3.8, 4) is 0 Å². The van der Waals surface area contributed by atoms with Crippen molar-refractivity contribution in [2.75, 3.05) is 44.2 Å². The predicted octanol–water partition coefficient (Wildman–Crippen LogP) is 3.10. The van der Waals surface area contributed by atoms with Crippen LogP contribution in [-0.4, -0.2) is 60.8 Å². The maximum absolute atomic E-state index is 12.6. The van der Waals surface area contributed by atoms with E-state index in [-0.39, 0.29) is 5.91 Å². The van der Waals surface area contributed by atoms with Crippen LogP contribution >= 0.6 is 11.6 Å². The van der Waals surface area contributed by atoms with Crippen LogP contribution in [0.3, 0.4) is 0 Å². The summed E-state index contributed by atoms with van der Waals surface area (Å²) >= 11 is 6.30. The van der Waals surface area contributed by atoms with Crippen LogP contribution in [0.1, 0.15) is 12.0 Å². The van der Waals surface area contributed by atoms with Gasteiger partial charge in [-0.05, 0) is 17.7 Å². The standard InChI is InChI=1S/C21H23ClN4O/c22-18-8-4-5-9-20(18)25-14-12-24(13-15-25)16-21(27)26-11-10-19(23-26)17-6-2-1-3-7-17/h1-9H,10-16H2. The Kier molecular flexibility index (Phi) is 5.41. The molecule has 0 spiro atoms. The molecule has 2 aromatic rings. The van der Waals surface area contributed by atoms with E-state index in [1.165, 1.54) is 0 Å². The molecule has 1 amide bonds. The summed E-state index contributed by atoms with van der Waals surface area (Å²) in [6.07, 6.45) is 0.816. The molecule has 0 unspecified atom stereocenters. The second kappa shape index (κ2) is 8.11. The number of carbonyl (C=O) groups excluding carboxylic acids is 1. The molecule has 0 radical (unpaired) electrons. The molecule has 6 heteroatoms. The summed E-state index contributed by atoms with van der Waals surface area (Å²) in [5.74, 6) is 0.0760. The highest BCUT2D eigenvalue weighted by Crippen LogP contribution is 2.26. The third-order valence-electron chi connectivity index (χ3n) is 5.12. The molecule has 2 aliphatic heterocycles. The number of benzene rings is 2. The van der Waals surface area contributed by atoms with Crippen LogP contribution in [0.5, 0.6) is 0 Å². The minimum atomic E-state index is 0.0760. The normalized spacial score (nSPS) is 17.9. The van der Waals surface area contributed by atoms with Gasteiger partial charge in [0.1, 0.15) is 0 Å². The van der Waals surface area contributed by atoms with E-state index in [0.717, 1.165) is 54.6 Å². The Bertz CT molecular complexity index is 831. The number of carbonyl (C=O) groups is 1. The summed E-state index contributed by atoms with van der Waals surface area (Å²) in [4.78, 5) is 17.1. The minimum absolute atomic E-state index is 0.0760. The first kappa shape index (κ1) is 18.0. The highest BCUT2D eigenvalue weighted by atomic mass is 35.5. The monoisotopic (exact) mass is 382 g/mol. The van der Waals surface area contributed by atoms with Crippen LogP contribution in [0, 0.1) is 0 Å². The van der Waals surface area contributed by atoms with Crippen LogP contribution < -0.4 is 4.90 Å². The molecule has 0 N–H and O–H groups in total. The SMILES string of the molecule is O=C(CN1CCN(c2ccccc2Cl)CC1)N1CCC(c2ccccc2)=N1. The van der Waals surface area contributed by atoms with Gasteiger partial charge < -0.3 is 4.90 Å². The van der Waals surface area contributed by atoms with Crippen molar-refractivity contribution < 1.29 is 4.79 Å². The molecule has 0 saturated carbocycles. The van der Waals surface area contributed by atoms with E-state index >= 15 is 0 Å². The molecule has 0 atom stereocenters. The molecule has 140 valence electrons. The van der Waals surface area contributed by atoms with Gasteiger partial charge in [0.15, 0.2) is 0 Å². The summed E-state index contributed by atoms with van der Waals surface area (Å²) in [6.45, 7) is 4.52. The summed E-state index contributed by atoms with van der Waals surface area (Å²) in [5.41, 5.74) is 3.16. The van der Waals surface area contributed by atoms with E-state index in [2.05, 4.69) is 14.9 Å². The number of nitrogens with zero attached hydrogens (tertiary/aromatic N) is 4. The molecule has 0 bridgehead atoms. The zero-order chi connectivity index (χ0) is 18.6. The molecule has 27 heavy (non-hydrogen) atoms. The molecule has 5 nitrogen and oxygen atoms in total. The van der Waals surface area contributed by atoms with Crippen molar-refractivity contribution in [1.82, 2.24) is 9.91 Å². The second-order valence-electron chi connectivity index (χ2n) is 6.89. The van der Waals surface area contributed by atoms with Gasteiger partial charge in [-0.15, -0.1) is 0 Å². The Labute approximate surface area is 164 Å². The molecule has 0 aromatic heterocycles. The minimum Gasteiger partial charge on any atom is -0.368 e. The van der Waals surface area contributed by atoms with Gasteiger partial charge in [0.25, 0.3) is 5.91 Å². The fraction of sp³-hybridized carbons (Fsp3) is 0.333. The third-order valence-corrected chi connectivity index (χ3v) is 5.44. The molecule has 0 aliphatic carbocycles. The van der Waals surface area contributed by atoms with E-state index in [4.69, 9.17) is 11.6 Å². The maximum atomic E-state index is 12.6. The van der Waals surface area contributed by atoms with Crippen LogP contribution in [0.4, 0.5) is 5.69 Å². The average Bonchev–Trinajstić information content (AvgIpc) is 3.20. The van der Waals surface area contributed by atoms with Gasteiger partial charge in [-0.25, -0.2) is 5.01 Å². The van der Waals surface area contributed by atoms with Gasteiger partial charge in [0.2, 0.25) is 0 Å². The van der Waals surface area contributed by atoms with E-state index < -0.39 is 0 Å². The van der Waals surface area contributed by atoms with E-state index in [0.29, 0.717) is 13.1 Å². The van der Waals surface area contributed by atoms with Gasteiger partial charge in [-0.3, -0.25) is 9.69 Å². The van der Waals surface area contributed by atoms with Crippen LogP contribution in [0.25, 0.3) is 0 Å². The van der Waals surface area contributed by atoms with Gasteiger partial charge in [0, 0.05) is 32.6 Å². The number of rotatable bonds is 4. The fourth-order valence-electron chi connectivity index (χ4n) is 3.60. The summed E-state index contributed by atoms with van der Waals surface area (Å²) in [6, 6.07) is 18.0. The zero-order valence-corrected chi connectivity index (χ0v) is 16.0. The molecule has 2 aromatic carbocycles. The molecule has 4 rings (SSSR count). The lowest BCUT2D eigenvalue weighted by Gasteiger charge is -2.36. The first-order chi connectivity index (χ1) is 13.2. The smallest absolute Gasteiger partial charge is 0.256 e. The Hall–Kier alpha value is -2.37. The maximum Gasteiger partial charge on any atom is 0.256 e. The predicted molar refractivity (Wildman–Crippen MR) is 109 cm³/mol. The fourth-order valence-corrected chi connectivity index (χ4v) is 3.85.